The van der Waals surface area contributed by atoms with Crippen LogP contribution < -0.4 is 10.1 Å². The minimum Gasteiger partial charge on any atom is -0.491 e. The van der Waals surface area contributed by atoms with Crippen molar-refractivity contribution in [2.45, 2.75) is 18.6 Å². The van der Waals surface area contributed by atoms with E-state index in [0.29, 0.717) is 16.9 Å². The second-order valence-corrected chi connectivity index (χ2v) is 7.04. The van der Waals surface area contributed by atoms with Gasteiger partial charge < -0.3 is 24.1 Å². The third-order valence-electron chi connectivity index (χ3n) is 4.49. The highest BCUT2D eigenvalue weighted by Crippen LogP contribution is 2.27. The monoisotopic (exact) mass is 477 g/mol. The van der Waals surface area contributed by atoms with Crippen molar-refractivity contribution in [3.8, 4) is 5.75 Å². The predicted octanol–water partition coefficient (Wildman–Crippen LogP) is 2.54. The van der Waals surface area contributed by atoms with Gasteiger partial charge in [-0.15, -0.1) is 0 Å². The molecule has 33 heavy (non-hydrogen) atoms. The summed E-state index contributed by atoms with van der Waals surface area (Å²) < 4.78 is 21.5. The molecule has 10 heteroatoms. The minimum atomic E-state index is -0.955. The lowest BCUT2D eigenvalue weighted by atomic mass is 10.0. The fraction of sp³-hybridized carbons (Fsp3) is 0.348. The molecule has 0 radical (unpaired) electrons. The highest BCUT2D eigenvalue weighted by molar-refractivity contribution is 7.81. The molecule has 2 aromatic carbocycles. The van der Waals surface area contributed by atoms with Crippen LogP contribution in [0.25, 0.3) is 0 Å². The lowest BCUT2D eigenvalue weighted by molar-refractivity contribution is -0.141. The third-order valence-corrected chi connectivity index (χ3v) is 4.75. The molecule has 0 aliphatic carbocycles. The molecule has 2 amide bonds. The van der Waals surface area contributed by atoms with Crippen LogP contribution in [0.4, 0.5) is 4.79 Å². The van der Waals surface area contributed by atoms with Gasteiger partial charge in [-0.1, -0.05) is 30.3 Å². The van der Waals surface area contributed by atoms with E-state index in [1.807, 2.05) is 0 Å². The molecule has 2 N–H and O–H groups in total. The zero-order valence-electron chi connectivity index (χ0n) is 18.1. The predicted molar refractivity (Wildman–Crippen MR) is 122 cm³/mol. The highest BCUT2D eigenvalue weighted by Gasteiger charge is 2.28. The standard InChI is InChI=1S/C23H27NO8S/c1-29-19(11-13-31-20(26)15-33)21(16-7-9-18(10-8-16)30-14-12-25)32-23(28)24-22(27)17-5-3-2-4-6-17/h2-10,19,21,25,33H,11-15H2,1H3,(H,24,27,28)/t19-,21-/m1/s1. The fourth-order valence-electron chi connectivity index (χ4n) is 2.90. The summed E-state index contributed by atoms with van der Waals surface area (Å²) in [5.41, 5.74) is 0.874. The first-order valence-corrected chi connectivity index (χ1v) is 10.8. The van der Waals surface area contributed by atoms with Crippen LogP contribution in [-0.4, -0.2) is 61.9 Å². The van der Waals surface area contributed by atoms with Gasteiger partial charge in [0, 0.05) is 19.1 Å². The first-order chi connectivity index (χ1) is 16.0. The van der Waals surface area contributed by atoms with E-state index in [2.05, 4.69) is 17.9 Å². The first kappa shape index (κ1) is 26.2. The van der Waals surface area contributed by atoms with Crippen molar-refractivity contribution in [3.63, 3.8) is 0 Å². The van der Waals surface area contributed by atoms with Crippen LogP contribution in [0.1, 0.15) is 28.4 Å². The Bertz CT molecular complexity index is 891. The second kappa shape index (κ2) is 14.1. The molecule has 2 atom stereocenters. The Morgan fingerprint density at radius 3 is 2.33 bits per heavy atom. The van der Waals surface area contributed by atoms with Crippen molar-refractivity contribution >= 4 is 30.6 Å². The maximum absolute atomic E-state index is 12.5. The number of thiol groups is 1. The number of amides is 2. The van der Waals surface area contributed by atoms with Crippen molar-refractivity contribution in [2.24, 2.45) is 0 Å². The molecule has 0 aliphatic rings. The van der Waals surface area contributed by atoms with Crippen LogP contribution in [0.15, 0.2) is 54.6 Å². The number of imide groups is 1. The van der Waals surface area contributed by atoms with E-state index in [1.165, 1.54) is 7.11 Å². The Morgan fingerprint density at radius 1 is 1.03 bits per heavy atom. The summed E-state index contributed by atoms with van der Waals surface area (Å²) in [5.74, 6) is -0.630. The molecule has 0 spiro atoms. The summed E-state index contributed by atoms with van der Waals surface area (Å²) in [7, 11) is 1.44. The highest BCUT2D eigenvalue weighted by atomic mass is 32.1. The van der Waals surface area contributed by atoms with Crippen molar-refractivity contribution in [2.75, 3.05) is 32.7 Å². The average Bonchev–Trinajstić information content (AvgIpc) is 2.85. The fourth-order valence-corrected chi connectivity index (χ4v) is 2.99. The maximum Gasteiger partial charge on any atom is 0.414 e. The van der Waals surface area contributed by atoms with Crippen LogP contribution >= 0.6 is 12.6 Å². The zero-order valence-corrected chi connectivity index (χ0v) is 19.0. The van der Waals surface area contributed by atoms with Gasteiger partial charge in [0.1, 0.15) is 18.5 Å². The van der Waals surface area contributed by atoms with E-state index in [9.17, 15) is 14.4 Å². The third kappa shape index (κ3) is 8.76. The number of methoxy groups -OCH3 is 1. The topological polar surface area (TPSA) is 120 Å². The quantitative estimate of drug-likeness (QED) is 0.315. The molecule has 0 bridgehead atoms. The Labute approximate surface area is 197 Å². The van der Waals surface area contributed by atoms with Gasteiger partial charge in [0.25, 0.3) is 5.91 Å². The summed E-state index contributed by atoms with van der Waals surface area (Å²) >= 11 is 3.86. The Kier molecular flexibility index (Phi) is 11.2. The number of benzene rings is 2. The summed E-state index contributed by atoms with van der Waals surface area (Å²) in [6.45, 7) is 0.0420. The van der Waals surface area contributed by atoms with Gasteiger partial charge in [0.15, 0.2) is 6.10 Å². The van der Waals surface area contributed by atoms with Crippen LogP contribution in [0.2, 0.25) is 0 Å². The van der Waals surface area contributed by atoms with Crippen molar-refractivity contribution in [1.82, 2.24) is 5.32 Å². The number of carbonyl (C=O) groups excluding carboxylic acids is 3. The number of aliphatic hydroxyl groups excluding tert-OH is 1. The van der Waals surface area contributed by atoms with Crippen molar-refractivity contribution < 1.29 is 38.4 Å². The van der Waals surface area contributed by atoms with E-state index >= 15 is 0 Å². The number of rotatable bonds is 12. The van der Waals surface area contributed by atoms with E-state index < -0.39 is 30.2 Å². The van der Waals surface area contributed by atoms with Crippen LogP contribution in [0.5, 0.6) is 5.75 Å². The molecule has 0 aliphatic heterocycles. The van der Waals surface area contributed by atoms with Crippen LogP contribution in [0, 0.1) is 0 Å². The summed E-state index contributed by atoms with van der Waals surface area (Å²) in [5, 5.41) is 11.1. The largest absolute Gasteiger partial charge is 0.491 e. The molecule has 178 valence electrons. The lowest BCUT2D eigenvalue weighted by Crippen LogP contribution is -2.35. The molecule has 9 nitrogen and oxygen atoms in total. The van der Waals surface area contributed by atoms with Crippen molar-refractivity contribution in [3.05, 3.63) is 65.7 Å². The molecular formula is C23H27NO8S. The van der Waals surface area contributed by atoms with Crippen LogP contribution in [0.3, 0.4) is 0 Å². The van der Waals surface area contributed by atoms with Gasteiger partial charge in [0.05, 0.1) is 19.0 Å². The Morgan fingerprint density at radius 2 is 1.73 bits per heavy atom. The zero-order chi connectivity index (χ0) is 24.1. The summed E-state index contributed by atoms with van der Waals surface area (Å²) in [6.07, 6.45) is -2.33. The van der Waals surface area contributed by atoms with E-state index in [0.717, 1.165) is 0 Å². The summed E-state index contributed by atoms with van der Waals surface area (Å²) in [4.78, 5) is 36.2. The Hall–Kier alpha value is -3.08. The van der Waals surface area contributed by atoms with Gasteiger partial charge in [-0.25, -0.2) is 4.79 Å². The number of hydrogen-bond acceptors (Lipinski definition) is 9. The first-order valence-electron chi connectivity index (χ1n) is 10.2. The number of alkyl carbamates (subject to hydrolysis) is 1. The number of esters is 1. The average molecular weight is 478 g/mol. The molecule has 0 saturated carbocycles. The molecule has 0 unspecified atom stereocenters. The smallest absolute Gasteiger partial charge is 0.414 e. The molecule has 2 rings (SSSR count). The second-order valence-electron chi connectivity index (χ2n) is 6.73. The molecule has 2 aromatic rings. The number of hydrogen-bond donors (Lipinski definition) is 3. The maximum atomic E-state index is 12.5. The van der Waals surface area contributed by atoms with Crippen LogP contribution in [-0.2, 0) is 19.0 Å². The molecule has 0 heterocycles. The molecule has 0 aromatic heterocycles. The number of aliphatic hydroxyl groups is 1. The molecular weight excluding hydrogens is 450 g/mol. The SMILES string of the molecule is CO[C@H](CCOC(=O)CS)[C@H](OC(=O)NC(=O)c1ccccc1)c1ccc(OCCO)cc1. The van der Waals surface area contributed by atoms with Crippen molar-refractivity contribution in [1.29, 1.82) is 0 Å². The number of nitrogens with one attached hydrogen (secondary N) is 1. The van der Waals surface area contributed by atoms with E-state index in [1.54, 1.807) is 54.6 Å². The summed E-state index contributed by atoms with van der Waals surface area (Å²) in [6, 6.07) is 14.9. The Balaban J connectivity index is 2.15. The number of carbonyl (C=O) groups is 3. The molecule has 0 saturated heterocycles. The van der Waals surface area contributed by atoms with Gasteiger partial charge in [-0.05, 0) is 29.8 Å². The molecule has 0 fully saturated rings. The minimum absolute atomic E-state index is 0.0278. The lowest BCUT2D eigenvalue weighted by Gasteiger charge is -2.26. The van der Waals surface area contributed by atoms with Gasteiger partial charge in [-0.2, -0.15) is 12.6 Å². The number of ether oxygens (including phenoxy) is 4. The van der Waals surface area contributed by atoms with Gasteiger partial charge in [0.2, 0.25) is 0 Å². The van der Waals surface area contributed by atoms with Gasteiger partial charge in [-0.3, -0.25) is 14.9 Å². The van der Waals surface area contributed by atoms with E-state index in [-0.39, 0.29) is 32.0 Å². The van der Waals surface area contributed by atoms with E-state index in [4.69, 9.17) is 24.1 Å². The normalized spacial score (nSPS) is 12.3. The van der Waals surface area contributed by atoms with Gasteiger partial charge >= 0.3 is 12.1 Å².